The molecule has 1 aliphatic rings. The summed E-state index contributed by atoms with van der Waals surface area (Å²) in [5.74, 6) is 1.14. The van der Waals surface area contributed by atoms with Crippen molar-refractivity contribution in [3.8, 4) is 11.5 Å². The molecule has 2 aromatic rings. The number of likely N-dealkylation sites (N-methyl/N-ethyl adjacent to an activating group) is 1. The molecule has 1 N–H and O–H groups in total. The largest absolute Gasteiger partial charge is 0.454 e. The maximum atomic E-state index is 12.8. The lowest BCUT2D eigenvalue weighted by Crippen LogP contribution is -2.46. The predicted molar refractivity (Wildman–Crippen MR) is 99.4 cm³/mol. The van der Waals surface area contributed by atoms with Crippen LogP contribution in [0.1, 0.15) is 30.9 Å². The average Bonchev–Trinajstić information content (AvgIpc) is 3.24. The summed E-state index contributed by atoms with van der Waals surface area (Å²) in [5.41, 5.74) is 1.11. The quantitative estimate of drug-likeness (QED) is 0.741. The number of aromatic nitrogens is 1. The number of hydrogen-bond acceptors (Lipinski definition) is 7. The number of nitrogens with one attached hydrogen (secondary N) is 1. The smallest absolute Gasteiger partial charge is 0.246 e. The van der Waals surface area contributed by atoms with Crippen LogP contribution in [0.4, 0.5) is 0 Å². The SMILES string of the molecule is CCN(Cc1ccc2c(c1)OCO2)C(=O)[C@H](C)NS(=O)(=O)c1c(C)noc1C. The summed E-state index contributed by atoms with van der Waals surface area (Å²) >= 11 is 0. The van der Waals surface area contributed by atoms with Crippen LogP contribution in [0.15, 0.2) is 27.6 Å². The normalized spacial score (nSPS) is 14.1. The number of nitrogens with zero attached hydrogens (tertiary/aromatic N) is 2. The predicted octanol–water partition coefficient (Wildman–Crippen LogP) is 1.74. The summed E-state index contributed by atoms with van der Waals surface area (Å²) in [7, 11) is -3.94. The first-order chi connectivity index (χ1) is 13.2. The van der Waals surface area contributed by atoms with E-state index in [0.717, 1.165) is 5.56 Å². The number of rotatable bonds is 7. The minimum absolute atomic E-state index is 0.0361. The highest BCUT2D eigenvalue weighted by Crippen LogP contribution is 2.32. The molecule has 0 saturated heterocycles. The summed E-state index contributed by atoms with van der Waals surface area (Å²) in [6, 6.07) is 4.51. The van der Waals surface area contributed by atoms with E-state index in [-0.39, 0.29) is 29.0 Å². The second kappa shape index (κ2) is 7.80. The highest BCUT2D eigenvalue weighted by Gasteiger charge is 2.30. The first-order valence-corrected chi connectivity index (χ1v) is 10.3. The molecule has 0 saturated carbocycles. The second-order valence-electron chi connectivity index (χ2n) is 6.54. The van der Waals surface area contributed by atoms with E-state index in [2.05, 4.69) is 9.88 Å². The van der Waals surface area contributed by atoms with Crippen LogP contribution >= 0.6 is 0 Å². The Hall–Kier alpha value is -2.59. The van der Waals surface area contributed by atoms with Crippen molar-refractivity contribution in [1.29, 1.82) is 0 Å². The number of aryl methyl sites for hydroxylation is 2. The van der Waals surface area contributed by atoms with E-state index in [4.69, 9.17) is 14.0 Å². The lowest BCUT2D eigenvalue weighted by atomic mass is 10.1. The summed E-state index contributed by atoms with van der Waals surface area (Å²) in [5, 5.41) is 3.66. The van der Waals surface area contributed by atoms with Gasteiger partial charge in [-0.1, -0.05) is 11.2 Å². The molecule has 0 unspecified atom stereocenters. The molecule has 0 bridgehead atoms. The Balaban J connectivity index is 1.72. The van der Waals surface area contributed by atoms with Crippen molar-refractivity contribution in [1.82, 2.24) is 14.8 Å². The van der Waals surface area contributed by atoms with Crippen molar-refractivity contribution >= 4 is 15.9 Å². The Kier molecular flexibility index (Phi) is 5.61. The van der Waals surface area contributed by atoms with E-state index < -0.39 is 16.1 Å². The highest BCUT2D eigenvalue weighted by atomic mass is 32.2. The van der Waals surface area contributed by atoms with E-state index in [1.165, 1.54) is 20.8 Å². The first-order valence-electron chi connectivity index (χ1n) is 8.85. The minimum atomic E-state index is -3.94. The van der Waals surface area contributed by atoms with Crippen molar-refractivity contribution in [2.24, 2.45) is 0 Å². The number of ether oxygens (including phenoxy) is 2. The zero-order chi connectivity index (χ0) is 20.5. The fourth-order valence-corrected chi connectivity index (χ4v) is 4.61. The van der Waals surface area contributed by atoms with Crippen molar-refractivity contribution in [3.05, 3.63) is 35.2 Å². The lowest BCUT2D eigenvalue weighted by molar-refractivity contribution is -0.133. The maximum Gasteiger partial charge on any atom is 0.246 e. The van der Waals surface area contributed by atoms with E-state index in [1.54, 1.807) is 11.0 Å². The van der Waals surface area contributed by atoms with Gasteiger partial charge in [0.25, 0.3) is 0 Å². The van der Waals surface area contributed by atoms with Gasteiger partial charge in [0.05, 0.1) is 6.04 Å². The lowest BCUT2D eigenvalue weighted by Gasteiger charge is -2.25. The third kappa shape index (κ3) is 3.97. The molecular weight excluding hydrogens is 386 g/mol. The van der Waals surface area contributed by atoms with Gasteiger partial charge in [-0.25, -0.2) is 8.42 Å². The third-order valence-electron chi connectivity index (χ3n) is 4.44. The van der Waals surface area contributed by atoms with Gasteiger partial charge in [-0.3, -0.25) is 4.79 Å². The topological polar surface area (TPSA) is 111 Å². The number of hydrogen-bond donors (Lipinski definition) is 1. The maximum absolute atomic E-state index is 12.8. The van der Waals surface area contributed by atoms with Crippen molar-refractivity contribution < 1.29 is 27.2 Å². The standard InChI is InChI=1S/C18H23N3O6S/c1-5-21(9-14-6-7-15-16(8-14)26-10-25-15)18(22)12(3)20-28(23,24)17-11(2)19-27-13(17)4/h6-8,12,20H,5,9-10H2,1-4H3/t12-/m0/s1. The van der Waals surface area contributed by atoms with Crippen molar-refractivity contribution in [2.75, 3.05) is 13.3 Å². The molecular formula is C18H23N3O6S. The summed E-state index contributed by atoms with van der Waals surface area (Å²) < 4.78 is 43.3. The summed E-state index contributed by atoms with van der Waals surface area (Å²) in [4.78, 5) is 14.4. The fourth-order valence-electron chi connectivity index (χ4n) is 3.08. The third-order valence-corrected chi connectivity index (χ3v) is 6.23. The van der Waals surface area contributed by atoms with E-state index >= 15 is 0 Å². The van der Waals surface area contributed by atoms with Gasteiger partial charge in [0, 0.05) is 13.1 Å². The zero-order valence-electron chi connectivity index (χ0n) is 16.2. The summed E-state index contributed by atoms with van der Waals surface area (Å²) in [6.45, 7) is 7.32. The molecule has 1 amide bonds. The Labute approximate surface area is 163 Å². The molecule has 0 radical (unpaired) electrons. The molecule has 10 heteroatoms. The Bertz CT molecular complexity index is 966. The van der Waals surface area contributed by atoms with Gasteiger partial charge in [0.15, 0.2) is 17.3 Å². The second-order valence-corrected chi connectivity index (χ2v) is 8.19. The summed E-state index contributed by atoms with van der Waals surface area (Å²) in [6.07, 6.45) is 0. The van der Waals surface area contributed by atoms with Crippen molar-refractivity contribution in [3.63, 3.8) is 0 Å². The molecule has 1 aromatic carbocycles. The molecule has 28 heavy (non-hydrogen) atoms. The molecule has 1 aliphatic heterocycles. The molecule has 9 nitrogen and oxygen atoms in total. The van der Waals surface area contributed by atoms with Gasteiger partial charge in [0.1, 0.15) is 10.6 Å². The van der Waals surface area contributed by atoms with Crippen LogP contribution in [-0.4, -0.2) is 43.8 Å². The number of fused-ring (bicyclic) bond motifs is 1. The zero-order valence-corrected chi connectivity index (χ0v) is 17.0. The average molecular weight is 409 g/mol. The van der Waals surface area contributed by atoms with Crippen LogP contribution in [0, 0.1) is 13.8 Å². The van der Waals surface area contributed by atoms with Crippen LogP contribution in [-0.2, 0) is 21.4 Å². The number of amides is 1. The molecule has 2 heterocycles. The van der Waals surface area contributed by atoms with Crippen LogP contribution < -0.4 is 14.2 Å². The van der Waals surface area contributed by atoms with Crippen LogP contribution in [0.25, 0.3) is 0 Å². The highest BCUT2D eigenvalue weighted by molar-refractivity contribution is 7.89. The Morgan fingerprint density at radius 2 is 2.00 bits per heavy atom. The van der Waals surface area contributed by atoms with Crippen molar-refractivity contribution in [2.45, 2.75) is 45.2 Å². The van der Waals surface area contributed by atoms with Gasteiger partial charge in [-0.15, -0.1) is 0 Å². The number of benzene rings is 1. The van der Waals surface area contributed by atoms with Crippen LogP contribution in [0.2, 0.25) is 0 Å². The Morgan fingerprint density at radius 3 is 2.64 bits per heavy atom. The number of carbonyl (C=O) groups is 1. The monoisotopic (exact) mass is 409 g/mol. The molecule has 0 aliphatic carbocycles. The van der Waals surface area contributed by atoms with E-state index in [0.29, 0.717) is 24.6 Å². The number of sulfonamides is 1. The van der Waals surface area contributed by atoms with Gasteiger partial charge in [0.2, 0.25) is 22.7 Å². The van der Waals surface area contributed by atoms with E-state index in [1.807, 2.05) is 19.1 Å². The van der Waals surface area contributed by atoms with Gasteiger partial charge < -0.3 is 18.9 Å². The van der Waals surface area contributed by atoms with Gasteiger partial charge in [-0.2, -0.15) is 4.72 Å². The van der Waals surface area contributed by atoms with Gasteiger partial charge in [-0.05, 0) is 45.4 Å². The van der Waals surface area contributed by atoms with E-state index in [9.17, 15) is 13.2 Å². The molecule has 1 atom stereocenters. The first kappa shape index (κ1) is 20.2. The van der Waals surface area contributed by atoms with Crippen LogP contribution in [0.5, 0.6) is 11.5 Å². The Morgan fingerprint density at radius 1 is 1.29 bits per heavy atom. The molecule has 0 fully saturated rings. The molecule has 152 valence electrons. The minimum Gasteiger partial charge on any atom is -0.454 e. The molecule has 0 spiro atoms. The molecule has 3 rings (SSSR count). The molecule has 1 aromatic heterocycles. The van der Waals surface area contributed by atoms with Crippen LogP contribution in [0.3, 0.4) is 0 Å². The fraction of sp³-hybridized carbons (Fsp3) is 0.444. The number of carbonyl (C=O) groups excluding carboxylic acids is 1. The van der Waals surface area contributed by atoms with Gasteiger partial charge >= 0.3 is 0 Å².